The van der Waals surface area contributed by atoms with Crippen LogP contribution < -0.4 is 0 Å². The van der Waals surface area contributed by atoms with Gasteiger partial charge in [-0.3, -0.25) is 14.7 Å². The van der Waals surface area contributed by atoms with Crippen molar-refractivity contribution in [3.63, 3.8) is 0 Å². The van der Waals surface area contributed by atoms with E-state index in [9.17, 15) is 15.0 Å². The SMILES string of the molecule is O=C(O)[C@@]1(Cc2ccccc2)CCN(Cc2cc(-c3cccnc3)no2)CC1O. The predicted octanol–water partition coefficient (Wildman–Crippen LogP) is 2.62. The second kappa shape index (κ2) is 8.14. The molecule has 1 aliphatic rings. The number of hydrogen-bond acceptors (Lipinski definition) is 6. The summed E-state index contributed by atoms with van der Waals surface area (Å²) in [6.07, 6.45) is 3.11. The van der Waals surface area contributed by atoms with E-state index in [-0.39, 0.29) is 6.54 Å². The van der Waals surface area contributed by atoms with Crippen LogP contribution in [0.2, 0.25) is 0 Å². The molecule has 0 spiro atoms. The smallest absolute Gasteiger partial charge is 0.312 e. The third kappa shape index (κ3) is 4.06. The van der Waals surface area contributed by atoms with E-state index in [1.54, 1.807) is 12.4 Å². The van der Waals surface area contributed by atoms with Crippen LogP contribution in [0, 0.1) is 5.41 Å². The fourth-order valence-electron chi connectivity index (χ4n) is 3.93. The second-order valence-electron chi connectivity index (χ2n) is 7.54. The molecule has 150 valence electrons. The Balaban J connectivity index is 1.44. The molecule has 0 amide bonds. The first-order valence-electron chi connectivity index (χ1n) is 9.60. The first kappa shape index (κ1) is 19.3. The molecule has 0 aliphatic carbocycles. The summed E-state index contributed by atoms with van der Waals surface area (Å²) in [5.41, 5.74) is 1.31. The Morgan fingerprint density at radius 1 is 1.24 bits per heavy atom. The van der Waals surface area contributed by atoms with E-state index in [2.05, 4.69) is 10.1 Å². The van der Waals surface area contributed by atoms with Gasteiger partial charge in [-0.05, 0) is 37.1 Å². The molecule has 0 bridgehead atoms. The van der Waals surface area contributed by atoms with Gasteiger partial charge in [-0.1, -0.05) is 35.5 Å². The molecule has 3 heterocycles. The van der Waals surface area contributed by atoms with Crippen LogP contribution in [-0.2, 0) is 17.8 Å². The van der Waals surface area contributed by atoms with Crippen LogP contribution >= 0.6 is 0 Å². The van der Waals surface area contributed by atoms with Crippen LogP contribution in [0.4, 0.5) is 0 Å². The Labute approximate surface area is 168 Å². The van der Waals surface area contributed by atoms with Crippen LogP contribution in [0.15, 0.2) is 65.4 Å². The number of nitrogens with zero attached hydrogens (tertiary/aromatic N) is 3. The van der Waals surface area contributed by atoms with Crippen molar-refractivity contribution < 1.29 is 19.5 Å². The van der Waals surface area contributed by atoms with Crippen LogP contribution in [0.5, 0.6) is 0 Å². The molecule has 4 rings (SSSR count). The van der Waals surface area contributed by atoms with E-state index >= 15 is 0 Å². The summed E-state index contributed by atoms with van der Waals surface area (Å²) < 4.78 is 5.43. The maximum absolute atomic E-state index is 12.1. The number of piperidine rings is 1. The Hall–Kier alpha value is -3.03. The normalized spacial score (nSPS) is 22.4. The molecule has 2 aromatic heterocycles. The van der Waals surface area contributed by atoms with Gasteiger partial charge in [0.05, 0.1) is 12.6 Å². The van der Waals surface area contributed by atoms with E-state index in [0.29, 0.717) is 37.4 Å². The fourth-order valence-corrected chi connectivity index (χ4v) is 3.93. The number of carboxylic acids is 1. The summed E-state index contributed by atoms with van der Waals surface area (Å²) in [5.74, 6) is -0.283. The Morgan fingerprint density at radius 2 is 2.07 bits per heavy atom. The number of likely N-dealkylation sites (tertiary alicyclic amines) is 1. The lowest BCUT2D eigenvalue weighted by molar-refractivity contribution is -0.163. The monoisotopic (exact) mass is 393 g/mol. The topological polar surface area (TPSA) is 99.7 Å². The molecule has 7 nitrogen and oxygen atoms in total. The van der Waals surface area contributed by atoms with E-state index in [4.69, 9.17) is 4.52 Å². The zero-order valence-electron chi connectivity index (χ0n) is 15.9. The molecular formula is C22H23N3O4. The van der Waals surface area contributed by atoms with E-state index < -0.39 is 17.5 Å². The highest BCUT2D eigenvalue weighted by atomic mass is 16.5. The summed E-state index contributed by atoms with van der Waals surface area (Å²) >= 11 is 0. The first-order valence-corrected chi connectivity index (χ1v) is 9.60. The standard InChI is InChI=1S/C22H23N3O4/c26-20-15-25(14-18-11-19(24-29-18)17-7-4-9-23-13-17)10-8-22(20,21(27)28)12-16-5-2-1-3-6-16/h1-7,9,11,13,20,26H,8,10,12,14-15H2,(H,27,28)/t20?,22-/m1/s1. The molecule has 1 aliphatic heterocycles. The third-order valence-electron chi connectivity index (χ3n) is 5.63. The van der Waals surface area contributed by atoms with Crippen molar-refractivity contribution in [2.75, 3.05) is 13.1 Å². The number of benzene rings is 1. The zero-order chi connectivity index (χ0) is 20.3. The molecule has 0 saturated carbocycles. The second-order valence-corrected chi connectivity index (χ2v) is 7.54. The lowest BCUT2D eigenvalue weighted by Crippen LogP contribution is -2.55. The number of β-amino-alcohol motifs (C(OH)–C–C–N with tert-alkyl or cyclic N) is 1. The van der Waals surface area contributed by atoms with E-state index in [0.717, 1.165) is 11.1 Å². The molecule has 1 saturated heterocycles. The van der Waals surface area contributed by atoms with Crippen molar-refractivity contribution >= 4 is 5.97 Å². The van der Waals surface area contributed by atoms with Gasteiger partial charge >= 0.3 is 5.97 Å². The first-order chi connectivity index (χ1) is 14.1. The fraction of sp³-hybridized carbons (Fsp3) is 0.318. The van der Waals surface area contributed by atoms with Crippen molar-refractivity contribution in [3.05, 3.63) is 72.2 Å². The molecule has 2 N–H and O–H groups in total. The zero-order valence-corrected chi connectivity index (χ0v) is 15.9. The van der Waals surface area contributed by atoms with Gasteiger partial charge in [0, 0.05) is 30.6 Å². The van der Waals surface area contributed by atoms with E-state index in [1.807, 2.05) is 53.4 Å². The minimum absolute atomic E-state index is 0.266. The molecule has 29 heavy (non-hydrogen) atoms. The minimum atomic E-state index is -1.18. The predicted molar refractivity (Wildman–Crippen MR) is 106 cm³/mol. The molecule has 1 unspecified atom stereocenters. The summed E-state index contributed by atoms with van der Waals surface area (Å²) in [6, 6.07) is 15.1. The molecular weight excluding hydrogens is 370 g/mol. The Kier molecular flexibility index (Phi) is 5.42. The molecule has 3 aromatic rings. The number of carbonyl (C=O) groups is 1. The van der Waals surface area contributed by atoms with E-state index in [1.165, 1.54) is 0 Å². The van der Waals surface area contributed by atoms with Gasteiger partial charge in [0.15, 0.2) is 5.76 Å². The summed E-state index contributed by atoms with van der Waals surface area (Å²) in [6.45, 7) is 1.28. The van der Waals surface area contributed by atoms with Gasteiger partial charge in [-0.25, -0.2) is 0 Å². The lowest BCUT2D eigenvalue weighted by atomic mass is 9.71. The van der Waals surface area contributed by atoms with Crippen molar-refractivity contribution in [2.45, 2.75) is 25.5 Å². The number of carboxylic acid groups (broad SMARTS) is 1. The van der Waals surface area contributed by atoms with Crippen molar-refractivity contribution in [3.8, 4) is 11.3 Å². The van der Waals surface area contributed by atoms with Gasteiger partial charge in [0.25, 0.3) is 0 Å². The van der Waals surface area contributed by atoms with Crippen molar-refractivity contribution in [1.82, 2.24) is 15.0 Å². The maximum atomic E-state index is 12.1. The maximum Gasteiger partial charge on any atom is 0.312 e. The summed E-state index contributed by atoms with van der Waals surface area (Å²) in [5, 5.41) is 24.8. The lowest BCUT2D eigenvalue weighted by Gasteiger charge is -2.42. The van der Waals surface area contributed by atoms with Crippen molar-refractivity contribution in [1.29, 1.82) is 0 Å². The van der Waals surface area contributed by atoms with Gasteiger partial charge in [-0.15, -0.1) is 0 Å². The number of aliphatic carboxylic acids is 1. The van der Waals surface area contributed by atoms with Crippen molar-refractivity contribution in [2.24, 2.45) is 5.41 Å². The summed E-state index contributed by atoms with van der Waals surface area (Å²) in [4.78, 5) is 18.2. The quantitative estimate of drug-likeness (QED) is 0.664. The highest BCUT2D eigenvalue weighted by Gasteiger charge is 2.48. The highest BCUT2D eigenvalue weighted by Crippen LogP contribution is 2.36. The largest absolute Gasteiger partial charge is 0.481 e. The molecule has 0 radical (unpaired) electrons. The minimum Gasteiger partial charge on any atom is -0.481 e. The molecule has 1 aromatic carbocycles. The number of aliphatic hydroxyl groups excluding tert-OH is 1. The van der Waals surface area contributed by atoms with Crippen LogP contribution in [-0.4, -0.2) is 50.4 Å². The average Bonchev–Trinajstić information content (AvgIpc) is 3.20. The van der Waals surface area contributed by atoms with Crippen LogP contribution in [0.3, 0.4) is 0 Å². The van der Waals surface area contributed by atoms with Gasteiger partial charge in [0.1, 0.15) is 11.1 Å². The average molecular weight is 393 g/mol. The summed E-state index contributed by atoms with van der Waals surface area (Å²) in [7, 11) is 0. The number of hydrogen-bond donors (Lipinski definition) is 2. The van der Waals surface area contributed by atoms with Crippen LogP contribution in [0.1, 0.15) is 17.7 Å². The third-order valence-corrected chi connectivity index (χ3v) is 5.63. The highest BCUT2D eigenvalue weighted by molar-refractivity contribution is 5.76. The Morgan fingerprint density at radius 3 is 2.76 bits per heavy atom. The number of rotatable bonds is 6. The van der Waals surface area contributed by atoms with Gasteiger partial charge in [-0.2, -0.15) is 0 Å². The van der Waals surface area contributed by atoms with Gasteiger partial charge < -0.3 is 14.7 Å². The number of aromatic nitrogens is 2. The molecule has 1 fully saturated rings. The number of aliphatic hydroxyl groups is 1. The molecule has 2 atom stereocenters. The van der Waals surface area contributed by atoms with Gasteiger partial charge in [0.2, 0.25) is 0 Å². The van der Waals surface area contributed by atoms with Crippen LogP contribution in [0.25, 0.3) is 11.3 Å². The molecule has 7 heteroatoms. The number of pyridine rings is 1. The Bertz CT molecular complexity index is 960.